The lowest BCUT2D eigenvalue weighted by Crippen LogP contribution is -2.27. The van der Waals surface area contributed by atoms with Crippen molar-refractivity contribution >= 4 is 55.9 Å². The second-order valence-electron chi connectivity index (χ2n) is 10.1. The van der Waals surface area contributed by atoms with Crippen LogP contribution in [0.15, 0.2) is 94.9 Å². The van der Waals surface area contributed by atoms with Crippen molar-refractivity contribution in [3.63, 3.8) is 0 Å². The summed E-state index contributed by atoms with van der Waals surface area (Å²) in [7, 11) is 0.533. The van der Waals surface area contributed by atoms with Crippen molar-refractivity contribution in [3.05, 3.63) is 95.6 Å². The van der Waals surface area contributed by atoms with Gasteiger partial charge in [-0.1, -0.05) is 12.1 Å². The minimum atomic E-state index is -1.32. The number of thiophene rings is 1. The van der Waals surface area contributed by atoms with Crippen LogP contribution in [-0.2, 0) is 11.0 Å². The van der Waals surface area contributed by atoms with Crippen LogP contribution >= 0.6 is 11.3 Å². The molecule has 0 aliphatic carbocycles. The van der Waals surface area contributed by atoms with Gasteiger partial charge >= 0.3 is 0 Å². The maximum atomic E-state index is 13.2. The van der Waals surface area contributed by atoms with E-state index in [9.17, 15) is 9.00 Å². The monoisotopic (exact) mass is 577 g/mol. The Morgan fingerprint density at radius 1 is 1.00 bits per heavy atom. The third kappa shape index (κ3) is 4.61. The van der Waals surface area contributed by atoms with Crippen LogP contribution in [0, 0.1) is 0 Å². The summed E-state index contributed by atoms with van der Waals surface area (Å²) in [6, 6.07) is 19.8. The highest BCUT2D eigenvalue weighted by Gasteiger charge is 2.22. The Hall–Kier alpha value is -4.34. The second-order valence-corrected chi connectivity index (χ2v) is 12.4. The zero-order valence-electron chi connectivity index (χ0n) is 22.4. The summed E-state index contributed by atoms with van der Waals surface area (Å²) in [6.07, 6.45) is 7.61. The molecule has 5 heterocycles. The number of amides is 1. The van der Waals surface area contributed by atoms with Crippen LogP contribution < -0.4 is 4.31 Å². The third-order valence-electron chi connectivity index (χ3n) is 7.72. The quantitative estimate of drug-likeness (QED) is 0.233. The molecule has 1 atom stereocenters. The Morgan fingerprint density at radius 2 is 1.78 bits per heavy atom. The minimum Gasteiger partial charge on any atom is -0.339 e. The molecular formula is C32H27N5O2S2. The molecule has 9 heteroatoms. The summed E-state index contributed by atoms with van der Waals surface area (Å²) in [5, 5.41) is 5.83. The van der Waals surface area contributed by atoms with Crippen LogP contribution in [0.1, 0.15) is 23.2 Å². The topological polar surface area (TPSA) is 82.2 Å². The van der Waals surface area contributed by atoms with E-state index in [4.69, 9.17) is 4.98 Å². The number of fused-ring (bicyclic) bond motifs is 3. The molecule has 0 saturated carbocycles. The van der Waals surface area contributed by atoms with E-state index in [-0.39, 0.29) is 5.91 Å². The number of carbonyl (C=O) groups excluding carboxylic acids is 1. The van der Waals surface area contributed by atoms with Gasteiger partial charge in [-0.05, 0) is 77.9 Å². The zero-order chi connectivity index (χ0) is 27.9. The highest BCUT2D eigenvalue weighted by atomic mass is 32.2. The van der Waals surface area contributed by atoms with E-state index in [1.807, 2.05) is 83.5 Å². The highest BCUT2D eigenvalue weighted by molar-refractivity contribution is 7.86. The lowest BCUT2D eigenvalue weighted by atomic mass is 9.92. The number of aromatic nitrogens is 3. The van der Waals surface area contributed by atoms with E-state index >= 15 is 0 Å². The van der Waals surface area contributed by atoms with E-state index in [0.29, 0.717) is 5.56 Å². The van der Waals surface area contributed by atoms with Crippen molar-refractivity contribution in [3.8, 4) is 22.3 Å². The lowest BCUT2D eigenvalue weighted by Gasteiger charge is -2.18. The van der Waals surface area contributed by atoms with Crippen LogP contribution in [0.5, 0.6) is 0 Å². The average molecular weight is 578 g/mol. The summed E-state index contributed by atoms with van der Waals surface area (Å²) in [4.78, 5) is 28.2. The fourth-order valence-electron chi connectivity index (χ4n) is 5.58. The van der Waals surface area contributed by atoms with E-state index in [2.05, 4.69) is 16.0 Å². The molecule has 1 unspecified atom stereocenters. The van der Waals surface area contributed by atoms with Gasteiger partial charge in [-0.25, -0.2) is 9.19 Å². The second kappa shape index (κ2) is 10.6. The van der Waals surface area contributed by atoms with Gasteiger partial charge in [0.15, 0.2) is 11.0 Å². The van der Waals surface area contributed by atoms with Gasteiger partial charge in [-0.2, -0.15) is 11.3 Å². The Balaban J connectivity index is 1.38. The number of carbonyl (C=O) groups is 1. The number of nitrogens with one attached hydrogen (secondary N) is 1. The van der Waals surface area contributed by atoms with Gasteiger partial charge in [0.25, 0.3) is 5.91 Å². The van der Waals surface area contributed by atoms with Crippen molar-refractivity contribution in [1.29, 1.82) is 0 Å². The smallest absolute Gasteiger partial charge is 0.253 e. The number of hydrogen-bond donors (Lipinski definition) is 1. The Morgan fingerprint density at radius 3 is 2.51 bits per heavy atom. The van der Waals surface area contributed by atoms with Crippen molar-refractivity contribution in [2.24, 2.45) is 0 Å². The van der Waals surface area contributed by atoms with Crippen molar-refractivity contribution in [2.75, 3.05) is 24.4 Å². The number of hydrogen-bond acceptors (Lipinski definition) is 5. The molecule has 1 amide bonds. The molecule has 2 aromatic carbocycles. The van der Waals surface area contributed by atoms with Crippen LogP contribution in [0.4, 0.5) is 5.69 Å². The summed E-state index contributed by atoms with van der Waals surface area (Å²) in [6.45, 7) is 1.65. The third-order valence-corrected chi connectivity index (χ3v) is 9.92. The van der Waals surface area contributed by atoms with Crippen LogP contribution in [0.2, 0.25) is 0 Å². The van der Waals surface area contributed by atoms with E-state index in [1.54, 1.807) is 16.7 Å². The van der Waals surface area contributed by atoms with Crippen molar-refractivity contribution in [2.45, 2.75) is 17.7 Å². The van der Waals surface area contributed by atoms with Crippen LogP contribution in [0.3, 0.4) is 0 Å². The van der Waals surface area contributed by atoms with Crippen molar-refractivity contribution < 1.29 is 9.00 Å². The number of likely N-dealkylation sites (tertiary alicyclic amines) is 1. The van der Waals surface area contributed by atoms with E-state index in [1.165, 1.54) is 11.3 Å². The first-order valence-electron chi connectivity index (χ1n) is 13.5. The fourth-order valence-corrected chi connectivity index (χ4v) is 7.48. The highest BCUT2D eigenvalue weighted by Crippen LogP contribution is 2.41. The summed E-state index contributed by atoms with van der Waals surface area (Å²) >= 11 is 1.53. The molecule has 4 aromatic heterocycles. The summed E-state index contributed by atoms with van der Waals surface area (Å²) < 4.78 is 15.0. The molecule has 0 bridgehead atoms. The fraction of sp³-hybridized carbons (Fsp3) is 0.156. The maximum Gasteiger partial charge on any atom is 0.253 e. The first-order chi connectivity index (χ1) is 20.1. The molecule has 7 nitrogen and oxygen atoms in total. The maximum absolute atomic E-state index is 13.2. The van der Waals surface area contributed by atoms with Gasteiger partial charge in [0.2, 0.25) is 0 Å². The predicted molar refractivity (Wildman–Crippen MR) is 167 cm³/mol. The number of rotatable bonds is 6. The number of benzene rings is 2. The molecule has 1 fully saturated rings. The Kier molecular flexibility index (Phi) is 6.60. The van der Waals surface area contributed by atoms with Gasteiger partial charge in [0.05, 0.1) is 10.6 Å². The largest absolute Gasteiger partial charge is 0.339 e. The molecule has 1 N–H and O–H groups in total. The van der Waals surface area contributed by atoms with Gasteiger partial charge < -0.3 is 9.88 Å². The van der Waals surface area contributed by atoms with Gasteiger partial charge in [0.1, 0.15) is 5.65 Å². The molecule has 41 heavy (non-hydrogen) atoms. The standard InChI is InChI=1S/C32H27N5O2S2/c1-36(41(39)25-12-17-40-20-25)24-8-9-28-26(18-24)30-29(22-10-13-33-14-11-22)27(19-34-31(30)35-28)21-4-6-23(7-5-21)32(38)37-15-2-3-16-37/h4-14,17-20H,2-3,15-16H2,1H3,(H,34,35). The molecule has 7 rings (SSSR count). The molecule has 1 aliphatic heterocycles. The average Bonchev–Trinajstić information content (AvgIpc) is 3.81. The Labute approximate surface area is 244 Å². The molecule has 204 valence electrons. The normalized spacial score (nSPS) is 14.1. The predicted octanol–water partition coefficient (Wildman–Crippen LogP) is 6.90. The first-order valence-corrected chi connectivity index (χ1v) is 15.6. The van der Waals surface area contributed by atoms with Crippen LogP contribution in [-0.4, -0.2) is 50.1 Å². The number of H-pyrrole nitrogens is 1. The van der Waals surface area contributed by atoms with Crippen LogP contribution in [0.25, 0.3) is 44.2 Å². The molecule has 1 aliphatic rings. The number of pyridine rings is 2. The minimum absolute atomic E-state index is 0.0881. The molecule has 0 spiro atoms. The van der Waals surface area contributed by atoms with Gasteiger partial charge in [0, 0.05) is 77.1 Å². The van der Waals surface area contributed by atoms with Gasteiger partial charge in [-0.15, -0.1) is 0 Å². The molecule has 1 saturated heterocycles. The first kappa shape index (κ1) is 25.6. The van der Waals surface area contributed by atoms with E-state index in [0.717, 1.165) is 80.7 Å². The lowest BCUT2D eigenvalue weighted by molar-refractivity contribution is 0.0793. The number of nitrogens with zero attached hydrogens (tertiary/aromatic N) is 4. The molecule has 0 radical (unpaired) electrons. The van der Waals surface area contributed by atoms with E-state index < -0.39 is 11.0 Å². The number of aromatic amines is 1. The molecular weight excluding hydrogens is 551 g/mol. The Bertz CT molecular complexity index is 1890. The van der Waals surface area contributed by atoms with Gasteiger partial charge in [-0.3, -0.25) is 14.1 Å². The number of anilines is 1. The van der Waals surface area contributed by atoms with Crippen molar-refractivity contribution in [1.82, 2.24) is 19.9 Å². The SMILES string of the molecule is CN(c1ccc2[nH]c3ncc(-c4ccc(C(=O)N5CCCC5)cc4)c(-c4ccncc4)c3c2c1)S(=O)c1ccsc1. The molecule has 6 aromatic rings. The summed E-state index contributed by atoms with van der Waals surface area (Å²) in [5.41, 5.74) is 7.25. The zero-order valence-corrected chi connectivity index (χ0v) is 24.0. The summed E-state index contributed by atoms with van der Waals surface area (Å²) in [5.74, 6) is 0.0881.